The molecule has 1 aromatic carbocycles. The molecule has 24 heavy (non-hydrogen) atoms. The number of nitrogens with one attached hydrogen (secondary N) is 1. The average Bonchev–Trinajstić information content (AvgIpc) is 3.09. The van der Waals surface area contributed by atoms with Crippen LogP contribution in [0.1, 0.15) is 35.4 Å². The molecule has 1 aromatic heterocycles. The zero-order chi connectivity index (χ0) is 17.2. The van der Waals surface area contributed by atoms with Crippen LogP contribution in [0.25, 0.3) is 0 Å². The van der Waals surface area contributed by atoms with Gasteiger partial charge in [0.1, 0.15) is 0 Å². The third kappa shape index (κ3) is 3.80. The van der Waals surface area contributed by atoms with Crippen LogP contribution in [0.5, 0.6) is 0 Å². The smallest absolute Gasteiger partial charge is 0.0735 e. The van der Waals surface area contributed by atoms with Crippen LogP contribution in [-0.2, 0) is 29.9 Å². The van der Waals surface area contributed by atoms with Gasteiger partial charge in [-0.25, -0.2) is 8.57 Å². The van der Waals surface area contributed by atoms with E-state index in [2.05, 4.69) is 33.8 Å². The lowest BCUT2D eigenvalue weighted by Crippen LogP contribution is -2.03. The van der Waals surface area contributed by atoms with Gasteiger partial charge in [0.05, 0.1) is 12.2 Å². The molecule has 5 nitrogen and oxygen atoms in total. The molecule has 0 unspecified atom stereocenters. The molecule has 1 fully saturated rings. The van der Waals surface area contributed by atoms with Crippen LogP contribution >= 0.6 is 0 Å². The topological polar surface area (TPSA) is 59.3 Å². The van der Waals surface area contributed by atoms with Crippen molar-refractivity contribution < 1.29 is 4.21 Å². The summed E-state index contributed by atoms with van der Waals surface area (Å²) in [7, 11) is 0.0353. The summed E-state index contributed by atoms with van der Waals surface area (Å²) in [5, 5.41) is 7.92. The molecule has 0 spiro atoms. The van der Waals surface area contributed by atoms with E-state index in [1.807, 2.05) is 30.8 Å². The quantitative estimate of drug-likeness (QED) is 0.902. The van der Waals surface area contributed by atoms with Crippen molar-refractivity contribution >= 4 is 15.4 Å². The van der Waals surface area contributed by atoms with Crippen molar-refractivity contribution in [3.8, 4) is 0 Å². The van der Waals surface area contributed by atoms with Gasteiger partial charge in [-0.3, -0.25) is 4.68 Å². The van der Waals surface area contributed by atoms with Gasteiger partial charge in [-0.15, -0.1) is 0 Å². The molecule has 0 atom stereocenters. The summed E-state index contributed by atoms with van der Waals surface area (Å²) in [5.41, 5.74) is 5.65. The number of rotatable bonds is 5. The Morgan fingerprint density at radius 2 is 2.04 bits per heavy atom. The fourth-order valence-corrected chi connectivity index (χ4v) is 5.28. The highest BCUT2D eigenvalue weighted by Gasteiger charge is 2.15. The third-order valence-electron chi connectivity index (χ3n) is 4.71. The molecule has 130 valence electrons. The van der Waals surface area contributed by atoms with E-state index in [0.717, 1.165) is 47.8 Å². The SMILES string of the molecule is Cc1nn(C)c(C)c1CNc1cccc(CN=S2(=O)CCCC2)c1. The van der Waals surface area contributed by atoms with Crippen molar-refractivity contribution in [1.29, 1.82) is 0 Å². The highest BCUT2D eigenvalue weighted by Crippen LogP contribution is 2.18. The van der Waals surface area contributed by atoms with E-state index in [1.54, 1.807) is 0 Å². The maximum atomic E-state index is 12.4. The van der Waals surface area contributed by atoms with Crippen LogP contribution in [0.15, 0.2) is 28.6 Å². The van der Waals surface area contributed by atoms with Gasteiger partial charge in [-0.1, -0.05) is 12.1 Å². The van der Waals surface area contributed by atoms with Crippen molar-refractivity contribution in [1.82, 2.24) is 9.78 Å². The first-order chi connectivity index (χ1) is 11.5. The maximum absolute atomic E-state index is 12.4. The van der Waals surface area contributed by atoms with Crippen LogP contribution in [0.4, 0.5) is 5.69 Å². The fraction of sp³-hybridized carbons (Fsp3) is 0.500. The van der Waals surface area contributed by atoms with E-state index in [-0.39, 0.29) is 0 Å². The normalized spacial score (nSPS) is 16.3. The number of anilines is 1. The summed E-state index contributed by atoms with van der Waals surface area (Å²) in [4.78, 5) is 0. The summed E-state index contributed by atoms with van der Waals surface area (Å²) < 4.78 is 18.9. The second-order valence-corrected chi connectivity index (χ2v) is 9.12. The van der Waals surface area contributed by atoms with E-state index in [9.17, 15) is 4.21 Å². The molecule has 3 rings (SSSR count). The van der Waals surface area contributed by atoms with Gasteiger partial charge in [-0.2, -0.15) is 5.10 Å². The molecule has 0 radical (unpaired) electrons. The largest absolute Gasteiger partial charge is 0.381 e. The van der Waals surface area contributed by atoms with Gasteiger partial charge in [0.2, 0.25) is 0 Å². The molecule has 2 aromatic rings. The second-order valence-electron chi connectivity index (χ2n) is 6.50. The van der Waals surface area contributed by atoms with Crippen molar-refractivity contribution in [2.75, 3.05) is 16.8 Å². The van der Waals surface area contributed by atoms with Gasteiger partial charge in [0.15, 0.2) is 0 Å². The van der Waals surface area contributed by atoms with E-state index < -0.39 is 9.73 Å². The monoisotopic (exact) mass is 346 g/mol. The van der Waals surface area contributed by atoms with Gasteiger partial charge >= 0.3 is 0 Å². The first kappa shape index (κ1) is 17.0. The number of hydrogen-bond acceptors (Lipinski definition) is 4. The Morgan fingerprint density at radius 3 is 2.71 bits per heavy atom. The highest BCUT2D eigenvalue weighted by atomic mass is 32.2. The lowest BCUT2D eigenvalue weighted by molar-refractivity contribution is 0.678. The van der Waals surface area contributed by atoms with Crippen molar-refractivity contribution in [2.45, 2.75) is 39.8 Å². The molecule has 1 aliphatic heterocycles. The van der Waals surface area contributed by atoms with Crippen molar-refractivity contribution in [3.63, 3.8) is 0 Å². The predicted octanol–water partition coefficient (Wildman–Crippen LogP) is 3.41. The predicted molar refractivity (Wildman–Crippen MR) is 99.7 cm³/mol. The maximum Gasteiger partial charge on any atom is 0.0735 e. The second kappa shape index (κ2) is 6.97. The Bertz CT molecular complexity index is 835. The van der Waals surface area contributed by atoms with Crippen LogP contribution in [-0.4, -0.2) is 25.5 Å². The molecule has 1 aliphatic rings. The van der Waals surface area contributed by atoms with E-state index in [4.69, 9.17) is 0 Å². The Morgan fingerprint density at radius 1 is 1.29 bits per heavy atom. The lowest BCUT2D eigenvalue weighted by atomic mass is 10.1. The summed E-state index contributed by atoms with van der Waals surface area (Å²) in [5.74, 6) is 1.54. The van der Waals surface area contributed by atoms with Crippen LogP contribution in [0, 0.1) is 13.8 Å². The fourth-order valence-electron chi connectivity index (χ4n) is 3.12. The summed E-state index contributed by atoms with van der Waals surface area (Å²) >= 11 is 0. The van der Waals surface area contributed by atoms with E-state index in [0.29, 0.717) is 6.54 Å². The van der Waals surface area contributed by atoms with Crippen LogP contribution in [0.2, 0.25) is 0 Å². The Balaban J connectivity index is 1.68. The van der Waals surface area contributed by atoms with Gasteiger partial charge in [-0.05, 0) is 44.4 Å². The van der Waals surface area contributed by atoms with Crippen LogP contribution < -0.4 is 5.32 Å². The number of aryl methyl sites for hydroxylation is 2. The molecule has 0 bridgehead atoms. The van der Waals surface area contributed by atoms with Gasteiger partial charge < -0.3 is 5.32 Å². The first-order valence-corrected chi connectivity index (χ1v) is 10.3. The highest BCUT2D eigenvalue weighted by molar-refractivity contribution is 7.93. The molecule has 0 amide bonds. The molecular weight excluding hydrogens is 320 g/mol. The minimum absolute atomic E-state index is 0.541. The molecule has 1 N–H and O–H groups in total. The first-order valence-electron chi connectivity index (χ1n) is 8.47. The standard InChI is InChI=1S/C18H26N4OS/c1-14-18(15(2)22(3)21-14)13-19-17-8-6-7-16(11-17)12-20-24(23)9-4-5-10-24/h6-8,11,19H,4-5,9-10,12-13H2,1-3H3. The van der Waals surface area contributed by atoms with E-state index in [1.165, 1.54) is 11.3 Å². The summed E-state index contributed by atoms with van der Waals surface area (Å²) in [6.07, 6.45) is 2.10. The van der Waals surface area contributed by atoms with Gasteiger partial charge in [0.25, 0.3) is 0 Å². The number of nitrogens with zero attached hydrogens (tertiary/aromatic N) is 3. The molecule has 0 saturated carbocycles. The lowest BCUT2D eigenvalue weighted by Gasteiger charge is -2.09. The number of hydrogen-bond donors (Lipinski definition) is 1. The van der Waals surface area contributed by atoms with Crippen molar-refractivity contribution in [2.24, 2.45) is 11.4 Å². The Kier molecular flexibility index (Phi) is 4.94. The molecular formula is C18H26N4OS. The zero-order valence-corrected chi connectivity index (χ0v) is 15.5. The molecule has 1 saturated heterocycles. The Labute approximate surface area is 144 Å². The number of aromatic nitrogens is 2. The zero-order valence-electron chi connectivity index (χ0n) is 14.7. The third-order valence-corrected chi connectivity index (χ3v) is 7.17. The minimum Gasteiger partial charge on any atom is -0.381 e. The molecule has 6 heteroatoms. The number of benzene rings is 1. The molecule has 2 heterocycles. The van der Waals surface area contributed by atoms with Crippen molar-refractivity contribution in [3.05, 3.63) is 46.8 Å². The minimum atomic E-state index is -1.93. The summed E-state index contributed by atoms with van der Waals surface area (Å²) in [6.45, 7) is 5.42. The average molecular weight is 347 g/mol. The van der Waals surface area contributed by atoms with Gasteiger partial charge in [0, 0.05) is 51.8 Å². The van der Waals surface area contributed by atoms with E-state index >= 15 is 0 Å². The summed E-state index contributed by atoms with van der Waals surface area (Å²) in [6, 6.07) is 8.23. The molecule has 0 aliphatic carbocycles. The van der Waals surface area contributed by atoms with Crippen LogP contribution in [0.3, 0.4) is 0 Å². The Hall–Kier alpha value is -1.82.